The highest BCUT2D eigenvalue weighted by Gasteiger charge is 2.30. The quantitative estimate of drug-likeness (QED) is 0.825. The van der Waals surface area contributed by atoms with Gasteiger partial charge in [-0.25, -0.2) is 12.8 Å². The van der Waals surface area contributed by atoms with Crippen molar-refractivity contribution in [1.82, 2.24) is 5.32 Å². The Hall–Kier alpha value is -1.20. The van der Waals surface area contributed by atoms with Gasteiger partial charge in [0.25, 0.3) is 0 Å². The molecule has 80 valence electrons. The summed E-state index contributed by atoms with van der Waals surface area (Å²) >= 11 is 0. The Bertz CT molecular complexity index is 534. The van der Waals surface area contributed by atoms with E-state index in [1.54, 1.807) is 7.05 Å². The number of nitrogens with one attached hydrogen (secondary N) is 1. The van der Waals surface area contributed by atoms with E-state index in [2.05, 4.69) is 5.32 Å². The molecule has 0 bridgehead atoms. The van der Waals surface area contributed by atoms with Crippen molar-refractivity contribution in [3.63, 3.8) is 0 Å². The van der Waals surface area contributed by atoms with Crippen molar-refractivity contribution in [2.75, 3.05) is 13.6 Å². The minimum atomic E-state index is -3.47. The van der Waals surface area contributed by atoms with E-state index in [1.165, 1.54) is 24.3 Å². The van der Waals surface area contributed by atoms with Crippen LogP contribution in [0.2, 0.25) is 0 Å². The molecule has 0 saturated heterocycles. The number of hydrogen-bond donors (Lipinski definition) is 1. The van der Waals surface area contributed by atoms with E-state index >= 15 is 0 Å². The second kappa shape index (κ2) is 3.43. The van der Waals surface area contributed by atoms with Crippen LogP contribution in [0.15, 0.2) is 28.0 Å². The van der Waals surface area contributed by atoms with Crippen LogP contribution in [0.1, 0.15) is 5.56 Å². The molecule has 1 aliphatic heterocycles. The molecule has 0 radical (unpaired) electrons. The Morgan fingerprint density at radius 1 is 1.40 bits per heavy atom. The van der Waals surface area contributed by atoms with E-state index in [0.717, 1.165) is 0 Å². The number of fused-ring (bicyclic) bond motifs is 1. The van der Waals surface area contributed by atoms with Crippen LogP contribution < -0.4 is 5.32 Å². The van der Waals surface area contributed by atoms with Gasteiger partial charge >= 0.3 is 0 Å². The summed E-state index contributed by atoms with van der Waals surface area (Å²) in [5.41, 5.74) is 0.169. The van der Waals surface area contributed by atoms with Crippen molar-refractivity contribution in [3.8, 4) is 0 Å². The number of likely N-dealkylation sites (N-methyl/N-ethyl adjacent to an activating group) is 1. The Morgan fingerprint density at radius 3 is 2.73 bits per heavy atom. The monoisotopic (exact) mass is 227 g/mol. The van der Waals surface area contributed by atoms with E-state index in [4.69, 9.17) is 0 Å². The van der Waals surface area contributed by atoms with E-state index in [9.17, 15) is 12.8 Å². The fourth-order valence-corrected chi connectivity index (χ4v) is 3.19. The van der Waals surface area contributed by atoms with E-state index in [0.29, 0.717) is 0 Å². The third kappa shape index (κ3) is 1.48. The molecule has 1 N–H and O–H groups in total. The van der Waals surface area contributed by atoms with Gasteiger partial charge in [-0.05, 0) is 25.3 Å². The highest BCUT2D eigenvalue weighted by atomic mass is 32.2. The average molecular weight is 227 g/mol. The fourth-order valence-electron chi connectivity index (χ4n) is 1.59. The van der Waals surface area contributed by atoms with Gasteiger partial charge in [0, 0.05) is 12.1 Å². The molecule has 0 saturated carbocycles. The van der Waals surface area contributed by atoms with Crippen LogP contribution in [0.4, 0.5) is 4.39 Å². The summed E-state index contributed by atoms with van der Waals surface area (Å²) in [4.78, 5) is 0.276. The van der Waals surface area contributed by atoms with E-state index in [1.807, 2.05) is 0 Å². The van der Waals surface area contributed by atoms with Gasteiger partial charge in [-0.3, -0.25) is 0 Å². The summed E-state index contributed by atoms with van der Waals surface area (Å²) in [6.07, 6.45) is 1.39. The molecule has 0 atom stereocenters. The summed E-state index contributed by atoms with van der Waals surface area (Å²) in [6, 6.07) is 4.09. The summed E-state index contributed by atoms with van der Waals surface area (Å²) in [5.74, 6) is -0.498. The fraction of sp³-hybridized carbons (Fsp3) is 0.200. The first-order chi connectivity index (χ1) is 7.07. The van der Waals surface area contributed by atoms with Crippen molar-refractivity contribution in [2.24, 2.45) is 0 Å². The highest BCUT2D eigenvalue weighted by molar-refractivity contribution is 7.95. The molecule has 15 heavy (non-hydrogen) atoms. The molecule has 0 unspecified atom stereocenters. The standard InChI is InChI=1S/C10H10FNO2S/c1-12-6-7-5-8-9(11)3-2-4-10(8)15(7,13)14/h2-5,12H,6H2,1H3. The van der Waals surface area contributed by atoms with E-state index < -0.39 is 15.7 Å². The molecule has 1 heterocycles. The van der Waals surface area contributed by atoms with Crippen LogP contribution in [0, 0.1) is 5.82 Å². The van der Waals surface area contributed by atoms with Crippen molar-refractivity contribution in [3.05, 3.63) is 34.5 Å². The Balaban J connectivity index is 2.64. The molecule has 0 aliphatic carbocycles. The van der Waals surface area contributed by atoms with Crippen LogP contribution >= 0.6 is 0 Å². The molecule has 0 aromatic heterocycles. The number of sulfone groups is 1. The number of halogens is 1. The van der Waals surface area contributed by atoms with Crippen LogP contribution in [0.3, 0.4) is 0 Å². The summed E-state index contributed by atoms with van der Waals surface area (Å²) < 4.78 is 37.0. The second-order valence-corrected chi connectivity index (χ2v) is 5.27. The lowest BCUT2D eigenvalue weighted by Crippen LogP contribution is -2.14. The lowest BCUT2D eigenvalue weighted by atomic mass is 10.2. The largest absolute Gasteiger partial charge is 0.315 e. The minimum absolute atomic E-state index is 0.0627. The Morgan fingerprint density at radius 2 is 2.13 bits per heavy atom. The summed E-state index contributed by atoms with van der Waals surface area (Å²) in [7, 11) is -1.82. The maximum atomic E-state index is 13.3. The third-order valence-corrected chi connectivity index (χ3v) is 4.19. The lowest BCUT2D eigenvalue weighted by Gasteiger charge is -2.02. The topological polar surface area (TPSA) is 46.2 Å². The summed E-state index contributed by atoms with van der Waals surface area (Å²) in [5, 5.41) is 2.75. The van der Waals surface area contributed by atoms with Crippen molar-refractivity contribution < 1.29 is 12.8 Å². The Labute approximate surface area is 87.5 Å². The van der Waals surface area contributed by atoms with Crippen LogP contribution in [0.5, 0.6) is 0 Å². The molecule has 1 aromatic rings. The molecule has 3 nitrogen and oxygen atoms in total. The predicted octanol–water partition coefficient (Wildman–Crippen LogP) is 1.17. The molecule has 1 aromatic carbocycles. The number of rotatable bonds is 2. The Kier molecular flexibility index (Phi) is 2.36. The minimum Gasteiger partial charge on any atom is -0.315 e. The zero-order valence-electron chi connectivity index (χ0n) is 8.12. The van der Waals surface area contributed by atoms with Gasteiger partial charge in [0.2, 0.25) is 9.84 Å². The van der Waals surface area contributed by atoms with Crippen LogP contribution in [-0.4, -0.2) is 22.0 Å². The zero-order chi connectivity index (χ0) is 11.1. The third-order valence-electron chi connectivity index (χ3n) is 2.30. The number of benzene rings is 1. The highest BCUT2D eigenvalue weighted by Crippen LogP contribution is 2.33. The molecule has 0 amide bonds. The predicted molar refractivity (Wildman–Crippen MR) is 55.5 cm³/mol. The van der Waals surface area contributed by atoms with Crippen molar-refractivity contribution in [2.45, 2.75) is 4.90 Å². The van der Waals surface area contributed by atoms with Crippen molar-refractivity contribution >= 4 is 15.9 Å². The van der Waals surface area contributed by atoms with Gasteiger partial charge in [0.15, 0.2) is 0 Å². The van der Waals surface area contributed by atoms with Gasteiger partial charge in [-0.2, -0.15) is 0 Å². The molecule has 0 spiro atoms. The summed E-state index contributed by atoms with van der Waals surface area (Å²) in [6.45, 7) is 0.219. The van der Waals surface area contributed by atoms with Gasteiger partial charge in [-0.15, -0.1) is 0 Å². The maximum Gasteiger partial charge on any atom is 0.204 e. The van der Waals surface area contributed by atoms with E-state index in [-0.39, 0.29) is 21.9 Å². The first-order valence-electron chi connectivity index (χ1n) is 4.46. The zero-order valence-corrected chi connectivity index (χ0v) is 8.94. The van der Waals surface area contributed by atoms with Crippen molar-refractivity contribution in [1.29, 1.82) is 0 Å². The normalized spacial score (nSPS) is 17.3. The van der Waals surface area contributed by atoms with Gasteiger partial charge in [0.05, 0.1) is 9.80 Å². The van der Waals surface area contributed by atoms with Gasteiger partial charge in [0.1, 0.15) is 5.82 Å². The molecule has 2 rings (SSSR count). The SMILES string of the molecule is CNCC1=Cc2c(F)cccc2S1(=O)=O. The molecular formula is C10H10FNO2S. The maximum absolute atomic E-state index is 13.3. The molecular weight excluding hydrogens is 217 g/mol. The number of hydrogen-bond acceptors (Lipinski definition) is 3. The molecule has 0 fully saturated rings. The second-order valence-electron chi connectivity index (χ2n) is 3.30. The van der Waals surface area contributed by atoms with Crippen LogP contribution in [-0.2, 0) is 9.84 Å². The molecule has 5 heteroatoms. The van der Waals surface area contributed by atoms with Crippen LogP contribution in [0.25, 0.3) is 6.08 Å². The average Bonchev–Trinajstić information content (AvgIpc) is 2.43. The first kappa shape index (κ1) is 10.3. The lowest BCUT2D eigenvalue weighted by molar-refractivity contribution is 0.596. The first-order valence-corrected chi connectivity index (χ1v) is 5.94. The molecule has 1 aliphatic rings. The van der Waals surface area contributed by atoms with Gasteiger partial charge < -0.3 is 5.32 Å². The van der Waals surface area contributed by atoms with Gasteiger partial charge in [-0.1, -0.05) is 6.07 Å². The smallest absolute Gasteiger partial charge is 0.204 e.